The van der Waals surface area contributed by atoms with Crippen molar-refractivity contribution in [3.05, 3.63) is 34.4 Å². The Morgan fingerprint density at radius 1 is 1.17 bits per heavy atom. The lowest BCUT2D eigenvalue weighted by Gasteiger charge is -2.29. The second-order valence-electron chi connectivity index (χ2n) is 5.30. The largest absolute Gasteiger partial charge is 0.419 e. The first-order chi connectivity index (χ1) is 10.5. The molecule has 0 radical (unpaired) electrons. The third-order valence-electron chi connectivity index (χ3n) is 2.83. The molecule has 0 unspecified atom stereocenters. The second-order valence-corrected chi connectivity index (χ2v) is 8.14. The van der Waals surface area contributed by atoms with Crippen molar-refractivity contribution in [2.75, 3.05) is 11.6 Å². The maximum absolute atomic E-state index is 11.8. The molecule has 1 aromatic rings. The van der Waals surface area contributed by atoms with Crippen molar-refractivity contribution in [1.82, 2.24) is 0 Å². The van der Waals surface area contributed by atoms with Crippen LogP contribution in [-0.2, 0) is 28.9 Å². The highest BCUT2D eigenvalue weighted by atomic mass is 79.9. The summed E-state index contributed by atoms with van der Waals surface area (Å²) >= 11 is 3.16. The van der Waals surface area contributed by atoms with Crippen LogP contribution in [0.2, 0.25) is 0 Å². The van der Waals surface area contributed by atoms with E-state index < -0.39 is 27.6 Å². The molecule has 1 fully saturated rings. The summed E-state index contributed by atoms with van der Waals surface area (Å²) in [6, 6.07) is 4.42. The van der Waals surface area contributed by atoms with E-state index in [0.29, 0.717) is 10.2 Å². The Hall–Kier alpha value is -1.87. The van der Waals surface area contributed by atoms with Crippen LogP contribution in [0.3, 0.4) is 0 Å². The molecule has 0 spiro atoms. The van der Waals surface area contributed by atoms with Crippen LogP contribution in [0.1, 0.15) is 13.8 Å². The highest BCUT2D eigenvalue weighted by Gasteiger charge is 2.38. The molecule has 1 aliphatic heterocycles. The number of carbonyl (C=O) groups excluding carboxylic acids is 2. The molecule has 124 valence electrons. The molecule has 1 heterocycles. The lowest BCUT2D eigenvalue weighted by atomic mass is 10.2. The minimum Gasteiger partial charge on any atom is -0.419 e. The van der Waals surface area contributed by atoms with Crippen LogP contribution in [0.15, 0.2) is 39.3 Å². The van der Waals surface area contributed by atoms with E-state index in [1.54, 1.807) is 0 Å². The Morgan fingerprint density at radius 3 is 2.22 bits per heavy atom. The smallest absolute Gasteiger partial charge is 0.350 e. The van der Waals surface area contributed by atoms with E-state index >= 15 is 0 Å². The minimum absolute atomic E-state index is 0.133. The number of esters is 2. The van der Waals surface area contributed by atoms with E-state index in [9.17, 15) is 18.0 Å². The molecule has 2 rings (SSSR count). The average Bonchev–Trinajstić information content (AvgIpc) is 2.34. The number of halogens is 1. The highest BCUT2D eigenvalue weighted by Crippen LogP contribution is 2.26. The van der Waals surface area contributed by atoms with Crippen molar-refractivity contribution in [1.29, 1.82) is 0 Å². The van der Waals surface area contributed by atoms with Gasteiger partial charge in [-0.2, -0.15) is 0 Å². The quantitative estimate of drug-likeness (QED) is 0.467. The summed E-state index contributed by atoms with van der Waals surface area (Å²) in [6.45, 7) is 2.90. The van der Waals surface area contributed by atoms with E-state index in [2.05, 4.69) is 21.2 Å². The van der Waals surface area contributed by atoms with Gasteiger partial charge in [-0.25, -0.2) is 18.0 Å². The van der Waals surface area contributed by atoms with Gasteiger partial charge >= 0.3 is 11.9 Å². The SMILES string of the molecule is CC1(C)OC(=O)C(=CNc2ccc(S(C)(=O)=O)c(Br)c2)C(=O)O1. The van der Waals surface area contributed by atoms with Gasteiger partial charge in [-0.05, 0) is 34.1 Å². The predicted octanol–water partition coefficient (Wildman–Crippen LogP) is 1.98. The Labute approximate surface area is 141 Å². The molecule has 0 aliphatic carbocycles. The van der Waals surface area contributed by atoms with Crippen LogP contribution < -0.4 is 5.32 Å². The molecule has 1 aliphatic rings. The van der Waals surface area contributed by atoms with Gasteiger partial charge in [0.05, 0.1) is 4.90 Å². The van der Waals surface area contributed by atoms with Gasteiger partial charge in [0.2, 0.25) is 0 Å². The first-order valence-electron chi connectivity index (χ1n) is 6.42. The van der Waals surface area contributed by atoms with Crippen molar-refractivity contribution < 1.29 is 27.5 Å². The second kappa shape index (κ2) is 5.97. The Balaban J connectivity index is 2.22. The maximum atomic E-state index is 11.8. The van der Waals surface area contributed by atoms with Gasteiger partial charge in [-0.3, -0.25) is 0 Å². The van der Waals surface area contributed by atoms with Gasteiger partial charge in [0.15, 0.2) is 15.4 Å². The third kappa shape index (κ3) is 4.11. The molecule has 1 N–H and O–H groups in total. The average molecular weight is 404 g/mol. The summed E-state index contributed by atoms with van der Waals surface area (Å²) in [7, 11) is -3.35. The van der Waals surface area contributed by atoms with E-state index in [0.717, 1.165) is 12.5 Å². The summed E-state index contributed by atoms with van der Waals surface area (Å²) in [5.41, 5.74) is 0.190. The zero-order valence-corrected chi connectivity index (χ0v) is 14.9. The summed E-state index contributed by atoms with van der Waals surface area (Å²) in [5.74, 6) is -2.90. The van der Waals surface area contributed by atoms with Crippen molar-refractivity contribution >= 4 is 43.4 Å². The number of benzene rings is 1. The van der Waals surface area contributed by atoms with Crippen LogP contribution in [0.4, 0.5) is 5.69 Å². The van der Waals surface area contributed by atoms with E-state index in [1.165, 1.54) is 32.0 Å². The topological polar surface area (TPSA) is 98.8 Å². The fourth-order valence-electron chi connectivity index (χ4n) is 1.83. The summed E-state index contributed by atoms with van der Waals surface area (Å²) < 4.78 is 33.3. The lowest BCUT2D eigenvalue weighted by Crippen LogP contribution is -2.42. The van der Waals surface area contributed by atoms with Crippen molar-refractivity contribution in [3.8, 4) is 0 Å². The normalized spacial score (nSPS) is 17.3. The van der Waals surface area contributed by atoms with Crippen molar-refractivity contribution in [2.24, 2.45) is 0 Å². The van der Waals surface area contributed by atoms with Gasteiger partial charge in [0, 0.05) is 36.5 Å². The van der Waals surface area contributed by atoms with Gasteiger partial charge in [0.1, 0.15) is 0 Å². The van der Waals surface area contributed by atoms with Crippen molar-refractivity contribution in [3.63, 3.8) is 0 Å². The van der Waals surface area contributed by atoms with Crippen molar-refractivity contribution in [2.45, 2.75) is 24.5 Å². The number of ether oxygens (including phenoxy) is 2. The third-order valence-corrected chi connectivity index (χ3v) is 4.90. The van der Waals surface area contributed by atoms with Crippen LogP contribution >= 0.6 is 15.9 Å². The lowest BCUT2D eigenvalue weighted by molar-refractivity contribution is -0.222. The number of carbonyl (C=O) groups is 2. The van der Waals surface area contributed by atoms with E-state index in [4.69, 9.17) is 9.47 Å². The first kappa shape index (κ1) is 17.5. The molecular formula is C14H14BrNO6S. The number of cyclic esters (lactones) is 2. The molecule has 0 aromatic heterocycles. The fourth-order valence-corrected chi connectivity index (χ4v) is 3.81. The van der Waals surface area contributed by atoms with Crippen LogP contribution in [0, 0.1) is 0 Å². The van der Waals surface area contributed by atoms with Gasteiger partial charge in [0.25, 0.3) is 5.79 Å². The summed E-state index contributed by atoms with van der Waals surface area (Å²) in [4.78, 5) is 23.7. The molecule has 1 aromatic carbocycles. The monoisotopic (exact) mass is 403 g/mol. The highest BCUT2D eigenvalue weighted by molar-refractivity contribution is 9.10. The van der Waals surface area contributed by atoms with Crippen LogP contribution in [0.5, 0.6) is 0 Å². The van der Waals surface area contributed by atoms with E-state index in [-0.39, 0.29) is 10.5 Å². The zero-order valence-electron chi connectivity index (χ0n) is 12.5. The summed E-state index contributed by atoms with van der Waals surface area (Å²) in [6.07, 6.45) is 2.25. The van der Waals surface area contributed by atoms with Crippen LogP contribution in [0.25, 0.3) is 0 Å². The summed E-state index contributed by atoms with van der Waals surface area (Å²) in [5, 5.41) is 2.73. The number of hydrogen-bond donors (Lipinski definition) is 1. The zero-order chi connectivity index (χ0) is 17.4. The molecule has 1 saturated heterocycles. The number of nitrogens with one attached hydrogen (secondary N) is 1. The molecule has 23 heavy (non-hydrogen) atoms. The molecule has 0 atom stereocenters. The number of rotatable bonds is 3. The molecule has 0 amide bonds. The molecular weight excluding hydrogens is 390 g/mol. The number of sulfone groups is 1. The molecule has 9 heteroatoms. The number of hydrogen-bond acceptors (Lipinski definition) is 7. The van der Waals surface area contributed by atoms with Gasteiger partial charge in [-0.15, -0.1) is 0 Å². The molecule has 0 bridgehead atoms. The molecule has 7 nitrogen and oxygen atoms in total. The maximum Gasteiger partial charge on any atom is 0.350 e. The van der Waals surface area contributed by atoms with Gasteiger partial charge in [-0.1, -0.05) is 0 Å². The van der Waals surface area contributed by atoms with Gasteiger partial charge < -0.3 is 14.8 Å². The first-order valence-corrected chi connectivity index (χ1v) is 9.11. The van der Waals surface area contributed by atoms with Crippen LogP contribution in [-0.4, -0.2) is 32.4 Å². The standard InChI is InChI=1S/C14H14BrNO6S/c1-14(2)21-12(17)9(13(18)22-14)7-16-8-4-5-11(10(15)6-8)23(3,19)20/h4-7,16H,1-3H3. The van der Waals surface area contributed by atoms with E-state index in [1.807, 2.05) is 0 Å². The minimum atomic E-state index is -3.35. The number of anilines is 1. The predicted molar refractivity (Wildman–Crippen MR) is 85.2 cm³/mol. The molecule has 0 saturated carbocycles. The Bertz CT molecular complexity index is 791. The Morgan fingerprint density at radius 2 is 1.74 bits per heavy atom. The Kier molecular flexibility index (Phi) is 4.54. The fraction of sp³-hybridized carbons (Fsp3) is 0.286.